The van der Waals surface area contributed by atoms with Gasteiger partial charge in [0.2, 0.25) is 0 Å². The van der Waals surface area contributed by atoms with Crippen LogP contribution in [0.5, 0.6) is 0 Å². The number of hydrogen-bond donors (Lipinski definition) is 1. The number of benzene rings is 1. The van der Waals surface area contributed by atoms with Gasteiger partial charge in [0.15, 0.2) is 5.57 Å². The quantitative estimate of drug-likeness (QED) is 0.875. The van der Waals surface area contributed by atoms with Crippen LogP contribution >= 0.6 is 11.6 Å². The van der Waals surface area contributed by atoms with Crippen molar-refractivity contribution in [1.82, 2.24) is 9.78 Å². The SMILES string of the molecule is N#CC(C#N)=C(C#N)Nc1cccc(Cn2cc(Cl)cn2)c1. The summed E-state index contributed by atoms with van der Waals surface area (Å²) < 4.78 is 1.68. The maximum absolute atomic E-state index is 9.03. The molecule has 1 N–H and O–H groups in total. The summed E-state index contributed by atoms with van der Waals surface area (Å²) in [6.07, 6.45) is 3.25. The molecule has 0 atom stereocenters. The molecule has 22 heavy (non-hydrogen) atoms. The number of nitrogens with zero attached hydrogens (tertiary/aromatic N) is 5. The molecule has 0 fully saturated rings. The van der Waals surface area contributed by atoms with Gasteiger partial charge in [-0.15, -0.1) is 0 Å². The van der Waals surface area contributed by atoms with Gasteiger partial charge in [0.25, 0.3) is 0 Å². The van der Waals surface area contributed by atoms with E-state index in [1.165, 1.54) is 0 Å². The molecule has 2 aromatic rings. The number of aromatic nitrogens is 2. The van der Waals surface area contributed by atoms with Crippen LogP contribution in [0.15, 0.2) is 47.9 Å². The second-order valence-electron chi connectivity index (χ2n) is 4.27. The molecule has 106 valence electrons. The molecule has 0 radical (unpaired) electrons. The van der Waals surface area contributed by atoms with Crippen molar-refractivity contribution >= 4 is 17.3 Å². The zero-order chi connectivity index (χ0) is 15.9. The standard InChI is InChI=1S/C15H9ClN6/c16-13-8-20-22(10-13)9-11-2-1-3-14(4-11)21-15(7-19)12(5-17)6-18/h1-4,8,10,21H,9H2. The Morgan fingerprint density at radius 3 is 2.59 bits per heavy atom. The van der Waals surface area contributed by atoms with Crippen LogP contribution < -0.4 is 5.32 Å². The summed E-state index contributed by atoms with van der Waals surface area (Å²) in [6, 6.07) is 12.4. The predicted octanol–water partition coefficient (Wildman–Crippen LogP) is 2.82. The number of hydrogen-bond acceptors (Lipinski definition) is 5. The molecule has 0 saturated heterocycles. The Morgan fingerprint density at radius 2 is 2.00 bits per heavy atom. The molecule has 7 heteroatoms. The topological polar surface area (TPSA) is 101 Å². The molecule has 0 aliphatic rings. The highest BCUT2D eigenvalue weighted by Gasteiger charge is 2.06. The van der Waals surface area contributed by atoms with E-state index in [4.69, 9.17) is 27.4 Å². The van der Waals surface area contributed by atoms with Crippen LogP contribution in [0.3, 0.4) is 0 Å². The minimum atomic E-state index is -0.258. The molecule has 1 aromatic heterocycles. The third-order valence-electron chi connectivity index (χ3n) is 2.73. The van der Waals surface area contributed by atoms with Gasteiger partial charge in [0, 0.05) is 11.9 Å². The fourth-order valence-corrected chi connectivity index (χ4v) is 1.94. The van der Waals surface area contributed by atoms with E-state index in [1.807, 2.05) is 12.1 Å². The molecule has 0 amide bonds. The highest BCUT2D eigenvalue weighted by Crippen LogP contribution is 2.16. The summed E-state index contributed by atoms with van der Waals surface area (Å²) >= 11 is 5.81. The first kappa shape index (κ1) is 15.1. The lowest BCUT2D eigenvalue weighted by molar-refractivity contribution is 0.687. The van der Waals surface area contributed by atoms with E-state index in [2.05, 4.69) is 10.4 Å². The minimum absolute atomic E-state index is 0.0794. The smallest absolute Gasteiger partial charge is 0.163 e. The molecular weight excluding hydrogens is 300 g/mol. The molecule has 1 aromatic carbocycles. The third kappa shape index (κ3) is 3.64. The average molecular weight is 309 g/mol. The van der Waals surface area contributed by atoms with Crippen LogP contribution in [0, 0.1) is 34.0 Å². The maximum Gasteiger partial charge on any atom is 0.163 e. The molecule has 0 bridgehead atoms. The predicted molar refractivity (Wildman–Crippen MR) is 80.3 cm³/mol. The zero-order valence-electron chi connectivity index (χ0n) is 11.3. The van der Waals surface area contributed by atoms with Crippen molar-refractivity contribution in [2.24, 2.45) is 0 Å². The second kappa shape index (κ2) is 6.95. The first-order chi connectivity index (χ1) is 10.7. The maximum atomic E-state index is 9.03. The Hall–Kier alpha value is -3.27. The third-order valence-corrected chi connectivity index (χ3v) is 2.92. The number of nitrogens with one attached hydrogen (secondary N) is 1. The first-order valence-electron chi connectivity index (χ1n) is 6.14. The average Bonchev–Trinajstić information content (AvgIpc) is 2.92. The fraction of sp³-hybridized carbons (Fsp3) is 0.0667. The molecule has 0 spiro atoms. The molecule has 0 aliphatic carbocycles. The largest absolute Gasteiger partial charge is 0.345 e. The highest BCUT2D eigenvalue weighted by molar-refractivity contribution is 6.30. The lowest BCUT2D eigenvalue weighted by Gasteiger charge is -2.07. The van der Waals surface area contributed by atoms with Crippen molar-refractivity contribution in [2.75, 3.05) is 5.32 Å². The molecular formula is C15H9ClN6. The Balaban J connectivity index is 2.22. The molecule has 6 nitrogen and oxygen atoms in total. The van der Waals surface area contributed by atoms with Crippen LogP contribution in [0.2, 0.25) is 5.02 Å². The van der Waals surface area contributed by atoms with E-state index in [-0.39, 0.29) is 11.3 Å². The van der Waals surface area contributed by atoms with Gasteiger partial charge >= 0.3 is 0 Å². The van der Waals surface area contributed by atoms with E-state index < -0.39 is 0 Å². The Kier molecular flexibility index (Phi) is 4.78. The monoisotopic (exact) mass is 308 g/mol. The van der Waals surface area contributed by atoms with E-state index in [0.717, 1.165) is 5.56 Å². The van der Waals surface area contributed by atoms with Gasteiger partial charge in [0.05, 0.1) is 17.8 Å². The highest BCUT2D eigenvalue weighted by atomic mass is 35.5. The number of nitriles is 3. The van der Waals surface area contributed by atoms with Gasteiger partial charge in [-0.2, -0.15) is 20.9 Å². The van der Waals surface area contributed by atoms with Crippen LogP contribution in [-0.4, -0.2) is 9.78 Å². The minimum Gasteiger partial charge on any atom is -0.345 e. The summed E-state index contributed by atoms with van der Waals surface area (Å²) in [5.74, 6) is 0. The lowest BCUT2D eigenvalue weighted by atomic mass is 10.2. The van der Waals surface area contributed by atoms with Crippen molar-refractivity contribution in [3.05, 3.63) is 58.5 Å². The Bertz CT molecular complexity index is 828. The summed E-state index contributed by atoms with van der Waals surface area (Å²) in [4.78, 5) is 0. The molecule has 1 heterocycles. The molecule has 0 unspecified atom stereocenters. The second-order valence-corrected chi connectivity index (χ2v) is 4.70. The van der Waals surface area contributed by atoms with Gasteiger partial charge in [0.1, 0.15) is 23.9 Å². The van der Waals surface area contributed by atoms with Crippen molar-refractivity contribution in [2.45, 2.75) is 6.54 Å². The number of halogens is 1. The first-order valence-corrected chi connectivity index (χ1v) is 6.52. The number of anilines is 1. The Morgan fingerprint density at radius 1 is 1.23 bits per heavy atom. The summed E-state index contributed by atoms with van der Waals surface area (Å²) in [6.45, 7) is 0.511. The van der Waals surface area contributed by atoms with Crippen molar-refractivity contribution < 1.29 is 0 Å². The Labute approximate surface area is 132 Å². The molecule has 0 aliphatic heterocycles. The van der Waals surface area contributed by atoms with Gasteiger partial charge in [-0.1, -0.05) is 23.7 Å². The van der Waals surface area contributed by atoms with Crippen molar-refractivity contribution in [3.8, 4) is 18.2 Å². The normalized spacial score (nSPS) is 9.18. The van der Waals surface area contributed by atoms with Crippen LogP contribution in [-0.2, 0) is 6.54 Å². The van der Waals surface area contributed by atoms with Gasteiger partial charge in [-0.3, -0.25) is 4.68 Å². The van der Waals surface area contributed by atoms with Crippen LogP contribution in [0.25, 0.3) is 0 Å². The van der Waals surface area contributed by atoms with Crippen molar-refractivity contribution in [3.63, 3.8) is 0 Å². The van der Waals surface area contributed by atoms with Gasteiger partial charge in [-0.05, 0) is 17.7 Å². The van der Waals surface area contributed by atoms with E-state index in [9.17, 15) is 0 Å². The summed E-state index contributed by atoms with van der Waals surface area (Å²) in [5, 5.41) is 34.1. The number of rotatable bonds is 4. The van der Waals surface area contributed by atoms with E-state index >= 15 is 0 Å². The van der Waals surface area contributed by atoms with Crippen LogP contribution in [0.1, 0.15) is 5.56 Å². The van der Waals surface area contributed by atoms with E-state index in [1.54, 1.807) is 47.4 Å². The lowest BCUT2D eigenvalue weighted by Crippen LogP contribution is -2.03. The summed E-state index contributed by atoms with van der Waals surface area (Å²) in [7, 11) is 0. The van der Waals surface area contributed by atoms with Crippen molar-refractivity contribution in [1.29, 1.82) is 15.8 Å². The fourth-order valence-electron chi connectivity index (χ4n) is 1.79. The molecule has 0 saturated carbocycles. The zero-order valence-corrected chi connectivity index (χ0v) is 12.0. The summed E-state index contributed by atoms with van der Waals surface area (Å²) in [5.41, 5.74) is 1.20. The van der Waals surface area contributed by atoms with Gasteiger partial charge < -0.3 is 5.32 Å². The molecule has 2 rings (SSSR count). The van der Waals surface area contributed by atoms with E-state index in [0.29, 0.717) is 17.3 Å². The van der Waals surface area contributed by atoms with Gasteiger partial charge in [-0.25, -0.2) is 0 Å². The van der Waals surface area contributed by atoms with Crippen LogP contribution in [0.4, 0.5) is 5.69 Å². The number of allylic oxidation sites excluding steroid dienone is 2.